The first-order chi connectivity index (χ1) is 9.86. The minimum Gasteiger partial charge on any atom is -0.490 e. The number of nitrogens with zero attached hydrogens (tertiary/aromatic N) is 1. The van der Waals surface area contributed by atoms with E-state index in [2.05, 4.69) is 16.4 Å². The van der Waals surface area contributed by atoms with E-state index in [0.29, 0.717) is 13.2 Å². The molecule has 0 saturated heterocycles. The average molecular weight is 270 g/mol. The Morgan fingerprint density at radius 2 is 1.90 bits per heavy atom. The highest BCUT2D eigenvalue weighted by Gasteiger charge is 2.11. The lowest BCUT2D eigenvalue weighted by molar-refractivity contribution is 0.297. The highest BCUT2D eigenvalue weighted by atomic mass is 16.5. The molecule has 0 unspecified atom stereocenters. The van der Waals surface area contributed by atoms with Crippen LogP contribution >= 0.6 is 0 Å². The lowest BCUT2D eigenvalue weighted by atomic mass is 10.1. The molecule has 4 nitrogen and oxygen atoms in total. The van der Waals surface area contributed by atoms with Gasteiger partial charge in [-0.05, 0) is 36.4 Å². The number of ether oxygens (including phenoxy) is 2. The third kappa shape index (κ3) is 2.75. The third-order valence-electron chi connectivity index (χ3n) is 3.26. The van der Waals surface area contributed by atoms with Crippen LogP contribution in [0.1, 0.15) is 12.0 Å². The van der Waals surface area contributed by atoms with Crippen molar-refractivity contribution in [2.45, 2.75) is 13.0 Å². The molecule has 0 amide bonds. The van der Waals surface area contributed by atoms with E-state index in [0.717, 1.165) is 41.2 Å². The van der Waals surface area contributed by atoms with E-state index in [1.807, 2.05) is 37.6 Å². The zero-order valence-electron chi connectivity index (χ0n) is 11.6. The molecule has 4 heteroatoms. The highest BCUT2D eigenvalue weighted by Crippen LogP contribution is 2.34. The van der Waals surface area contributed by atoms with Gasteiger partial charge in [0.15, 0.2) is 11.5 Å². The van der Waals surface area contributed by atoms with Gasteiger partial charge in [-0.25, -0.2) is 0 Å². The number of fused-ring (bicyclic) bond motifs is 1. The van der Waals surface area contributed by atoms with Gasteiger partial charge in [0, 0.05) is 30.9 Å². The Kier molecular flexibility index (Phi) is 3.83. The Morgan fingerprint density at radius 3 is 2.75 bits per heavy atom. The van der Waals surface area contributed by atoms with Crippen LogP contribution in [0.3, 0.4) is 0 Å². The van der Waals surface area contributed by atoms with Crippen molar-refractivity contribution >= 4 is 0 Å². The predicted molar refractivity (Wildman–Crippen MR) is 78.0 cm³/mol. The molecular weight excluding hydrogens is 252 g/mol. The van der Waals surface area contributed by atoms with Gasteiger partial charge in [0.25, 0.3) is 0 Å². The quantitative estimate of drug-likeness (QED) is 0.931. The number of hydrogen-bond donors (Lipinski definition) is 1. The van der Waals surface area contributed by atoms with Gasteiger partial charge in [-0.3, -0.25) is 4.98 Å². The second-order valence-corrected chi connectivity index (χ2v) is 4.82. The predicted octanol–water partition coefficient (Wildman–Crippen LogP) is 2.63. The smallest absolute Gasteiger partial charge is 0.161 e. The summed E-state index contributed by atoms with van der Waals surface area (Å²) in [5.41, 5.74) is 3.35. The summed E-state index contributed by atoms with van der Waals surface area (Å²) in [7, 11) is 1.93. The average Bonchev–Trinajstić information content (AvgIpc) is 2.72. The number of pyridine rings is 1. The molecule has 2 aromatic rings. The Hall–Kier alpha value is -2.07. The van der Waals surface area contributed by atoms with Crippen molar-refractivity contribution in [2.75, 3.05) is 20.3 Å². The molecule has 0 fully saturated rings. The normalized spacial score (nSPS) is 13.8. The maximum atomic E-state index is 5.73. The molecule has 1 aliphatic rings. The summed E-state index contributed by atoms with van der Waals surface area (Å²) in [5, 5.41) is 3.14. The van der Waals surface area contributed by atoms with Crippen LogP contribution in [0.15, 0.2) is 36.7 Å². The summed E-state index contributed by atoms with van der Waals surface area (Å²) in [4.78, 5) is 4.30. The SMILES string of the molecule is CNCc1cncc(-c2ccc3c(c2)OCCCO3)c1. The zero-order valence-corrected chi connectivity index (χ0v) is 11.6. The summed E-state index contributed by atoms with van der Waals surface area (Å²) >= 11 is 0. The van der Waals surface area contributed by atoms with Gasteiger partial charge in [-0.1, -0.05) is 6.07 Å². The van der Waals surface area contributed by atoms with Gasteiger partial charge in [0.05, 0.1) is 13.2 Å². The van der Waals surface area contributed by atoms with Crippen LogP contribution in [0, 0.1) is 0 Å². The first-order valence-electron chi connectivity index (χ1n) is 6.85. The molecule has 20 heavy (non-hydrogen) atoms. The number of hydrogen-bond acceptors (Lipinski definition) is 4. The Morgan fingerprint density at radius 1 is 1.05 bits per heavy atom. The summed E-state index contributed by atoms with van der Waals surface area (Å²) in [6.45, 7) is 2.23. The van der Waals surface area contributed by atoms with Crippen molar-refractivity contribution in [3.8, 4) is 22.6 Å². The van der Waals surface area contributed by atoms with Crippen molar-refractivity contribution in [3.05, 3.63) is 42.2 Å². The van der Waals surface area contributed by atoms with E-state index in [1.54, 1.807) is 0 Å². The standard InChI is InChI=1S/C16H18N2O2/c1-17-9-12-7-14(11-18-10-12)13-3-4-15-16(8-13)20-6-2-5-19-15/h3-4,7-8,10-11,17H,2,5-6,9H2,1H3. The molecule has 2 heterocycles. The van der Waals surface area contributed by atoms with Crippen LogP contribution in [0.2, 0.25) is 0 Å². The molecule has 1 aromatic heterocycles. The molecule has 0 radical (unpaired) electrons. The van der Waals surface area contributed by atoms with Crippen LogP contribution < -0.4 is 14.8 Å². The minimum atomic E-state index is 0.703. The number of nitrogens with one attached hydrogen (secondary N) is 1. The Bertz CT molecular complexity index is 599. The fourth-order valence-electron chi connectivity index (χ4n) is 2.29. The van der Waals surface area contributed by atoms with Crippen LogP contribution in [0.4, 0.5) is 0 Å². The second-order valence-electron chi connectivity index (χ2n) is 4.82. The molecule has 1 aromatic carbocycles. The van der Waals surface area contributed by atoms with Gasteiger partial charge < -0.3 is 14.8 Å². The Labute approximate surface area is 118 Å². The van der Waals surface area contributed by atoms with Crippen molar-refractivity contribution in [2.24, 2.45) is 0 Å². The van der Waals surface area contributed by atoms with Crippen molar-refractivity contribution in [1.82, 2.24) is 10.3 Å². The summed E-state index contributed by atoms with van der Waals surface area (Å²) in [6, 6.07) is 8.19. The number of rotatable bonds is 3. The van der Waals surface area contributed by atoms with Gasteiger partial charge >= 0.3 is 0 Å². The zero-order chi connectivity index (χ0) is 13.8. The van der Waals surface area contributed by atoms with E-state index in [4.69, 9.17) is 9.47 Å². The van der Waals surface area contributed by atoms with E-state index in [1.165, 1.54) is 0 Å². The first-order valence-corrected chi connectivity index (χ1v) is 6.85. The molecule has 0 aliphatic carbocycles. The van der Waals surface area contributed by atoms with Crippen molar-refractivity contribution < 1.29 is 9.47 Å². The lowest BCUT2D eigenvalue weighted by Crippen LogP contribution is -2.05. The molecule has 3 rings (SSSR count). The second kappa shape index (κ2) is 5.92. The third-order valence-corrected chi connectivity index (χ3v) is 3.26. The maximum absolute atomic E-state index is 5.73. The van der Waals surface area contributed by atoms with E-state index < -0.39 is 0 Å². The largest absolute Gasteiger partial charge is 0.490 e. The van der Waals surface area contributed by atoms with E-state index >= 15 is 0 Å². The number of benzene rings is 1. The van der Waals surface area contributed by atoms with Gasteiger partial charge in [-0.15, -0.1) is 0 Å². The van der Waals surface area contributed by atoms with Crippen molar-refractivity contribution in [3.63, 3.8) is 0 Å². The topological polar surface area (TPSA) is 43.4 Å². The molecule has 1 N–H and O–H groups in total. The molecule has 1 aliphatic heterocycles. The van der Waals surface area contributed by atoms with E-state index in [9.17, 15) is 0 Å². The highest BCUT2D eigenvalue weighted by molar-refractivity contribution is 5.67. The monoisotopic (exact) mass is 270 g/mol. The molecule has 0 bridgehead atoms. The molecule has 0 saturated carbocycles. The van der Waals surface area contributed by atoms with Gasteiger partial charge in [0.1, 0.15) is 0 Å². The van der Waals surface area contributed by atoms with Crippen LogP contribution in [0.25, 0.3) is 11.1 Å². The summed E-state index contributed by atoms with van der Waals surface area (Å²) in [6.07, 6.45) is 4.67. The van der Waals surface area contributed by atoms with Crippen molar-refractivity contribution in [1.29, 1.82) is 0 Å². The van der Waals surface area contributed by atoms with E-state index in [-0.39, 0.29) is 0 Å². The molecule has 0 spiro atoms. The molecule has 104 valence electrons. The van der Waals surface area contributed by atoms with Crippen LogP contribution in [-0.4, -0.2) is 25.2 Å². The minimum absolute atomic E-state index is 0.703. The summed E-state index contributed by atoms with van der Waals surface area (Å²) < 4.78 is 11.4. The van der Waals surface area contributed by atoms with Gasteiger partial charge in [0.2, 0.25) is 0 Å². The lowest BCUT2D eigenvalue weighted by Gasteiger charge is -2.10. The molecular formula is C16H18N2O2. The number of aromatic nitrogens is 1. The summed E-state index contributed by atoms with van der Waals surface area (Å²) in [5.74, 6) is 1.64. The Balaban J connectivity index is 1.94. The fourth-order valence-corrected chi connectivity index (χ4v) is 2.29. The maximum Gasteiger partial charge on any atom is 0.161 e. The molecule has 0 atom stereocenters. The van der Waals surface area contributed by atoms with Crippen LogP contribution in [-0.2, 0) is 6.54 Å². The first kappa shape index (κ1) is 12.9. The fraction of sp³-hybridized carbons (Fsp3) is 0.312. The van der Waals surface area contributed by atoms with Crippen LogP contribution in [0.5, 0.6) is 11.5 Å². The van der Waals surface area contributed by atoms with Gasteiger partial charge in [-0.2, -0.15) is 0 Å².